The van der Waals surface area contributed by atoms with Crippen LogP contribution in [0.2, 0.25) is 0 Å². The molecule has 0 aromatic heterocycles. The standard InChI is InChI=1S/C66H54N4O8/c1-19-25(7)41-55-43(61(73)67(15)59(41)71)29(11)23(5)37-49(55)33(19)35-21(3)27(9)45-57-47(65(77)69(17)63(45)75)31(13)39(51(37)53(35)57)40-32(14)48-58-46(64(76)70(18)66(48)78)28(10)22(4)36-34-20(2)26(8)42-56-44(62(74)68(16)60(42)72)30(12)24(6)38(50(34)56)52(40)54(36)58/h1-18H3. The molecule has 12 nitrogen and oxygen atoms in total. The molecule has 0 spiro atoms. The average Bonchev–Trinajstić information content (AvgIpc) is 1.37. The average molecular weight is 1030 g/mol. The summed E-state index contributed by atoms with van der Waals surface area (Å²) in [5.41, 5.74) is 14.5. The first-order chi connectivity index (χ1) is 36.7. The molecule has 4 aliphatic rings. The molecule has 4 heterocycles. The Hall–Kier alpha value is -8.64. The molecule has 386 valence electrons. The summed E-state index contributed by atoms with van der Waals surface area (Å²) in [7, 11) is 6.07. The third kappa shape index (κ3) is 4.69. The normalized spacial score (nSPS) is 15.7. The predicted octanol–water partition coefficient (Wildman–Crippen LogP) is 12.7. The number of benzene rings is 10. The lowest BCUT2D eigenvalue weighted by Crippen LogP contribution is -2.39. The zero-order valence-electron chi connectivity index (χ0n) is 47.1. The number of nitrogens with zero attached hydrogens (tertiary/aromatic N) is 4. The number of hydrogen-bond donors (Lipinski definition) is 0. The first-order valence-corrected chi connectivity index (χ1v) is 26.5. The molecule has 0 bridgehead atoms. The first kappa shape index (κ1) is 47.8. The highest BCUT2D eigenvalue weighted by Crippen LogP contribution is 2.60. The van der Waals surface area contributed by atoms with Crippen molar-refractivity contribution < 1.29 is 38.4 Å². The van der Waals surface area contributed by atoms with Crippen molar-refractivity contribution in [1.29, 1.82) is 0 Å². The third-order valence-corrected chi connectivity index (χ3v) is 20.3. The summed E-state index contributed by atoms with van der Waals surface area (Å²) in [5.74, 6) is -3.48. The molecule has 0 saturated carbocycles. The third-order valence-electron chi connectivity index (χ3n) is 20.3. The molecular weight excluding hydrogens is 977 g/mol. The van der Waals surface area contributed by atoms with Gasteiger partial charge in [-0.1, -0.05) is 0 Å². The van der Waals surface area contributed by atoms with Crippen LogP contribution >= 0.6 is 0 Å². The van der Waals surface area contributed by atoms with E-state index in [1.54, 1.807) is 0 Å². The minimum Gasteiger partial charge on any atom is -0.277 e. The summed E-state index contributed by atoms with van der Waals surface area (Å²) in [6.45, 7) is 27.3. The highest BCUT2D eigenvalue weighted by molar-refractivity contribution is 6.49. The molecule has 14 rings (SSSR count). The van der Waals surface area contributed by atoms with E-state index in [4.69, 9.17) is 0 Å². The van der Waals surface area contributed by atoms with Crippen molar-refractivity contribution in [2.24, 2.45) is 0 Å². The highest BCUT2D eigenvalue weighted by Gasteiger charge is 2.45. The molecule has 0 fully saturated rings. The molecule has 8 amide bonds. The summed E-state index contributed by atoms with van der Waals surface area (Å²) in [6.07, 6.45) is 0. The zero-order chi connectivity index (χ0) is 56.0. The number of carbonyl (C=O) groups is 8. The SMILES string of the molecule is Cc1c2c3c(c(C)c(C)c4c5c(-c6c(C)c7c8c(c(C)c(C)c9c%10c(C)c(C)c%11c%12c(c(C)c(C)c(c6c89)c%12%10)C(=O)N(C)C%11=O)C(=O)N(C)C7=O)c(C)c6c7c(c(C)c(C)c(c(c1C)c34)c75)C(=O)N(C)C6=O)C(=O)N(C)C2=O. The molecule has 78 heavy (non-hydrogen) atoms. The van der Waals surface area contributed by atoms with Gasteiger partial charge in [-0.05, 0) is 251 Å². The van der Waals surface area contributed by atoms with E-state index < -0.39 is 47.3 Å². The van der Waals surface area contributed by atoms with E-state index >= 15 is 9.59 Å². The van der Waals surface area contributed by atoms with Gasteiger partial charge in [0.1, 0.15) is 0 Å². The molecular formula is C66H54N4O8. The van der Waals surface area contributed by atoms with Gasteiger partial charge in [0, 0.05) is 49.7 Å². The van der Waals surface area contributed by atoms with Gasteiger partial charge in [0.25, 0.3) is 47.3 Å². The molecule has 10 aromatic carbocycles. The van der Waals surface area contributed by atoms with Crippen molar-refractivity contribution >= 4 is 133 Å². The van der Waals surface area contributed by atoms with Crippen molar-refractivity contribution in [2.45, 2.75) is 96.9 Å². The summed E-state index contributed by atoms with van der Waals surface area (Å²) < 4.78 is 0. The smallest absolute Gasteiger partial charge is 0.261 e. The number of imide groups is 4. The Morgan fingerprint density at radius 1 is 0.154 bits per heavy atom. The molecule has 0 radical (unpaired) electrons. The fourth-order valence-corrected chi connectivity index (χ4v) is 15.6. The number of hydrogen-bond acceptors (Lipinski definition) is 8. The van der Waals surface area contributed by atoms with Crippen LogP contribution in [0.4, 0.5) is 0 Å². The molecule has 0 aliphatic carbocycles. The van der Waals surface area contributed by atoms with E-state index in [1.807, 2.05) is 96.9 Å². The number of rotatable bonds is 1. The Morgan fingerprint density at radius 3 is 0.474 bits per heavy atom. The second kappa shape index (κ2) is 14.3. The lowest BCUT2D eigenvalue weighted by molar-refractivity contribution is 0.0634. The van der Waals surface area contributed by atoms with Crippen molar-refractivity contribution in [1.82, 2.24) is 19.6 Å². The van der Waals surface area contributed by atoms with Crippen LogP contribution in [0.1, 0.15) is 161 Å². The van der Waals surface area contributed by atoms with E-state index in [2.05, 4.69) is 0 Å². The van der Waals surface area contributed by atoms with Crippen LogP contribution in [0.15, 0.2) is 0 Å². The van der Waals surface area contributed by atoms with Crippen LogP contribution < -0.4 is 0 Å². The van der Waals surface area contributed by atoms with Crippen molar-refractivity contribution in [3.63, 3.8) is 0 Å². The number of aryl methyl sites for hydroxylation is 6. The molecule has 0 saturated heterocycles. The molecule has 0 atom stereocenters. The Kier molecular flexibility index (Phi) is 8.75. The predicted molar refractivity (Wildman–Crippen MR) is 306 cm³/mol. The fourth-order valence-electron chi connectivity index (χ4n) is 15.6. The lowest BCUT2D eigenvalue weighted by Gasteiger charge is -2.36. The van der Waals surface area contributed by atoms with Crippen LogP contribution in [0.5, 0.6) is 0 Å². The molecule has 0 unspecified atom stereocenters. The monoisotopic (exact) mass is 1030 g/mol. The molecule has 12 heteroatoms. The van der Waals surface area contributed by atoms with Crippen LogP contribution in [-0.4, -0.2) is 95.0 Å². The highest BCUT2D eigenvalue weighted by atomic mass is 16.2. The van der Waals surface area contributed by atoms with Crippen molar-refractivity contribution in [3.8, 4) is 11.1 Å². The van der Waals surface area contributed by atoms with Gasteiger partial charge >= 0.3 is 0 Å². The maximum absolute atomic E-state index is 15.5. The van der Waals surface area contributed by atoms with Crippen LogP contribution in [0.25, 0.3) is 97.3 Å². The molecule has 4 aliphatic heterocycles. The van der Waals surface area contributed by atoms with Crippen molar-refractivity contribution in [3.05, 3.63) is 122 Å². The number of carbonyl (C=O) groups excluding carboxylic acids is 8. The lowest BCUT2D eigenvalue weighted by atomic mass is 9.70. The number of amides is 8. The Balaban J connectivity index is 1.41. The number of fused-ring (bicyclic) bond motifs is 4. The quantitative estimate of drug-likeness (QED) is 0.0896. The van der Waals surface area contributed by atoms with Gasteiger partial charge in [0.15, 0.2) is 0 Å². The van der Waals surface area contributed by atoms with Crippen LogP contribution in [0.3, 0.4) is 0 Å². The molecule has 0 N–H and O–H groups in total. The second-order valence-corrected chi connectivity index (χ2v) is 23.2. The van der Waals surface area contributed by atoms with E-state index in [1.165, 1.54) is 47.8 Å². The van der Waals surface area contributed by atoms with E-state index in [0.717, 1.165) is 87.6 Å². The van der Waals surface area contributed by atoms with Gasteiger partial charge < -0.3 is 0 Å². The van der Waals surface area contributed by atoms with Gasteiger partial charge in [0.2, 0.25) is 0 Å². The fraction of sp³-hybridized carbons (Fsp3) is 0.273. The van der Waals surface area contributed by atoms with E-state index in [9.17, 15) is 28.8 Å². The minimum atomic E-state index is -0.490. The molecule has 10 aromatic rings. The largest absolute Gasteiger partial charge is 0.277 e. The summed E-state index contributed by atoms with van der Waals surface area (Å²) >= 11 is 0. The maximum Gasteiger partial charge on any atom is 0.261 e. The summed E-state index contributed by atoms with van der Waals surface area (Å²) in [5, 5.41) is 11.0. The summed E-state index contributed by atoms with van der Waals surface area (Å²) in [6, 6.07) is 0. The van der Waals surface area contributed by atoms with Crippen LogP contribution in [0, 0.1) is 96.9 Å². The maximum atomic E-state index is 15.5. The van der Waals surface area contributed by atoms with Crippen LogP contribution in [-0.2, 0) is 0 Å². The Morgan fingerprint density at radius 2 is 0.295 bits per heavy atom. The van der Waals surface area contributed by atoms with Crippen molar-refractivity contribution in [2.75, 3.05) is 28.2 Å². The second-order valence-electron chi connectivity index (χ2n) is 23.2. The van der Waals surface area contributed by atoms with E-state index in [-0.39, 0.29) is 0 Å². The van der Waals surface area contributed by atoms with Gasteiger partial charge in [-0.25, -0.2) is 0 Å². The van der Waals surface area contributed by atoms with Gasteiger partial charge in [0.05, 0.1) is 44.5 Å². The minimum absolute atomic E-state index is 0.335. The first-order valence-electron chi connectivity index (χ1n) is 26.5. The van der Waals surface area contributed by atoms with E-state index in [0.29, 0.717) is 132 Å². The summed E-state index contributed by atoms with van der Waals surface area (Å²) in [4.78, 5) is 125. The van der Waals surface area contributed by atoms with Gasteiger partial charge in [-0.2, -0.15) is 0 Å². The topological polar surface area (TPSA) is 150 Å². The zero-order valence-corrected chi connectivity index (χ0v) is 47.1. The Labute approximate surface area is 448 Å². The van der Waals surface area contributed by atoms with Gasteiger partial charge in [-0.3, -0.25) is 58.0 Å². The van der Waals surface area contributed by atoms with Gasteiger partial charge in [-0.15, -0.1) is 0 Å². The Bertz CT molecular complexity index is 4630.